The predicted molar refractivity (Wildman–Crippen MR) is 176 cm³/mol. The van der Waals surface area contributed by atoms with E-state index in [4.69, 9.17) is 0 Å². The van der Waals surface area contributed by atoms with Gasteiger partial charge in [-0.2, -0.15) is 0 Å². The average molecular weight is 651 g/mol. The van der Waals surface area contributed by atoms with Gasteiger partial charge in [-0.3, -0.25) is 9.59 Å². The van der Waals surface area contributed by atoms with Crippen molar-refractivity contribution >= 4 is 24.3 Å². The van der Waals surface area contributed by atoms with E-state index in [0.29, 0.717) is 12.8 Å². The van der Waals surface area contributed by atoms with Crippen LogP contribution in [0.15, 0.2) is 33.4 Å². The molecule has 0 radical (unpaired) electrons. The van der Waals surface area contributed by atoms with E-state index < -0.39 is 24.1 Å². The second-order valence-corrected chi connectivity index (χ2v) is 14.3. The van der Waals surface area contributed by atoms with E-state index in [1.54, 1.807) is 0 Å². The number of aliphatic hydroxyl groups is 2. The molecule has 0 aromatic carbocycles. The maximum absolute atomic E-state index is 11.7. The summed E-state index contributed by atoms with van der Waals surface area (Å²) in [7, 11) is 0. The quantitative estimate of drug-likeness (QED) is 0.183. The van der Waals surface area contributed by atoms with Gasteiger partial charge < -0.3 is 41.7 Å². The molecule has 2 fully saturated rings. The molecular weight excluding hydrogens is 596 g/mol. The summed E-state index contributed by atoms with van der Waals surface area (Å²) in [5, 5.41) is 56.5. The summed E-state index contributed by atoms with van der Waals surface area (Å²) in [4.78, 5) is 23.3. The highest BCUT2D eigenvalue weighted by Crippen LogP contribution is 2.41. The standard InChI is InChI=1S/C34H54N4O6.ClH/c1-15-21(7-9-31(41)42)27-14-28-22(8-10-32(43)44)16(2)24(36-28)12-29-34(20(6)40)18(4)26(38-29)13-30-33(19(5)39)17(3)25(37-30)11-23(15)35-27;/h16,19-20,22-30,35-40H,7-14H2,1-6H3,(H,41,42)(H,43,44);1H. The molecule has 254 valence electrons. The minimum atomic E-state index is -0.807. The molecule has 2 saturated heterocycles. The molecule has 8 N–H and O–H groups in total. The highest BCUT2D eigenvalue weighted by Gasteiger charge is 2.46. The molecule has 5 aliphatic rings. The van der Waals surface area contributed by atoms with Gasteiger partial charge >= 0.3 is 11.9 Å². The molecule has 45 heavy (non-hydrogen) atoms. The van der Waals surface area contributed by atoms with E-state index in [1.165, 1.54) is 22.3 Å². The van der Waals surface area contributed by atoms with Crippen LogP contribution >= 0.6 is 12.4 Å². The first-order valence-corrected chi connectivity index (χ1v) is 16.7. The van der Waals surface area contributed by atoms with E-state index in [-0.39, 0.29) is 85.4 Å². The highest BCUT2D eigenvalue weighted by atomic mass is 35.5. The minimum Gasteiger partial charge on any atom is -0.481 e. The summed E-state index contributed by atoms with van der Waals surface area (Å²) in [6, 6.07) is 0.414. The summed E-state index contributed by atoms with van der Waals surface area (Å²) in [5.41, 5.74) is 6.82. The van der Waals surface area contributed by atoms with Crippen LogP contribution in [0.3, 0.4) is 0 Å². The van der Waals surface area contributed by atoms with Gasteiger partial charge in [-0.15, -0.1) is 12.4 Å². The Morgan fingerprint density at radius 3 is 1.69 bits per heavy atom. The zero-order valence-corrected chi connectivity index (χ0v) is 28.4. The summed E-state index contributed by atoms with van der Waals surface area (Å²) >= 11 is 0. The van der Waals surface area contributed by atoms with E-state index in [0.717, 1.165) is 36.8 Å². The summed E-state index contributed by atoms with van der Waals surface area (Å²) in [5.74, 6) is -1.19. The molecule has 11 heteroatoms. The number of rotatable bonds is 8. The van der Waals surface area contributed by atoms with Crippen LogP contribution < -0.4 is 21.3 Å². The van der Waals surface area contributed by atoms with Crippen LogP contribution in [0, 0.1) is 11.8 Å². The fourth-order valence-corrected chi connectivity index (χ4v) is 9.50. The number of hydrogen-bond donors (Lipinski definition) is 8. The zero-order chi connectivity index (χ0) is 32.0. The number of carboxylic acids is 2. The van der Waals surface area contributed by atoms with Crippen LogP contribution in [-0.4, -0.2) is 92.9 Å². The molecule has 12 atom stereocenters. The van der Waals surface area contributed by atoms with Gasteiger partial charge in [0.2, 0.25) is 0 Å². The largest absolute Gasteiger partial charge is 0.481 e. The molecule has 5 aliphatic heterocycles. The van der Waals surface area contributed by atoms with Gasteiger partial charge in [-0.1, -0.05) is 29.2 Å². The number of aliphatic carboxylic acids is 2. The first kappa shape index (κ1) is 36.1. The van der Waals surface area contributed by atoms with Gasteiger partial charge in [-0.05, 0) is 96.1 Å². The molecular formula is C34H55ClN4O6. The summed E-state index contributed by atoms with van der Waals surface area (Å²) in [6.45, 7) is 12.3. The predicted octanol–water partition coefficient (Wildman–Crippen LogP) is 3.04. The normalized spacial score (nSPS) is 38.0. The zero-order valence-electron chi connectivity index (χ0n) is 27.6. The first-order chi connectivity index (χ1) is 20.8. The van der Waals surface area contributed by atoms with Crippen LogP contribution in [0.1, 0.15) is 92.9 Å². The number of aliphatic hydroxyl groups excluding tert-OH is 2. The Bertz CT molecular complexity index is 1230. The Morgan fingerprint density at radius 2 is 1.16 bits per heavy atom. The third-order valence-electron chi connectivity index (χ3n) is 11.7. The van der Waals surface area contributed by atoms with Gasteiger partial charge in [-0.25, -0.2) is 0 Å². The van der Waals surface area contributed by atoms with Crippen LogP contribution in [-0.2, 0) is 9.59 Å². The van der Waals surface area contributed by atoms with E-state index in [1.807, 2.05) is 13.8 Å². The Hall–Kier alpha value is -1.79. The van der Waals surface area contributed by atoms with Crippen LogP contribution in [0.25, 0.3) is 0 Å². The molecule has 5 heterocycles. The smallest absolute Gasteiger partial charge is 0.303 e. The van der Waals surface area contributed by atoms with E-state index in [2.05, 4.69) is 49.0 Å². The van der Waals surface area contributed by atoms with Crippen LogP contribution in [0.5, 0.6) is 0 Å². The highest BCUT2D eigenvalue weighted by molar-refractivity contribution is 5.85. The Balaban J connectivity index is 0.00000461. The van der Waals surface area contributed by atoms with Gasteiger partial charge in [0.15, 0.2) is 0 Å². The Labute approximate surface area is 274 Å². The molecule has 0 aromatic heterocycles. The topological polar surface area (TPSA) is 163 Å². The lowest BCUT2D eigenvalue weighted by Gasteiger charge is -2.28. The molecule has 0 aliphatic carbocycles. The number of hydrogen-bond acceptors (Lipinski definition) is 8. The van der Waals surface area contributed by atoms with Gasteiger partial charge in [0, 0.05) is 61.2 Å². The monoisotopic (exact) mass is 650 g/mol. The fraction of sp³-hybridized carbons (Fsp3) is 0.765. The molecule has 0 aromatic rings. The minimum absolute atomic E-state index is 0. The van der Waals surface area contributed by atoms with Crippen molar-refractivity contribution in [2.24, 2.45) is 11.8 Å². The summed E-state index contributed by atoms with van der Waals surface area (Å²) < 4.78 is 0. The second-order valence-electron chi connectivity index (χ2n) is 14.3. The number of halogens is 1. The number of nitrogens with one attached hydrogen (secondary N) is 4. The van der Waals surface area contributed by atoms with Gasteiger partial charge in [0.1, 0.15) is 0 Å². The van der Waals surface area contributed by atoms with Gasteiger partial charge in [0.25, 0.3) is 0 Å². The van der Waals surface area contributed by atoms with Crippen molar-refractivity contribution in [3.05, 3.63) is 33.4 Å². The lowest BCUT2D eigenvalue weighted by molar-refractivity contribution is -0.138. The van der Waals surface area contributed by atoms with Crippen molar-refractivity contribution in [2.45, 2.75) is 153 Å². The lowest BCUT2D eigenvalue weighted by atomic mass is 9.80. The molecule has 8 bridgehead atoms. The third kappa shape index (κ3) is 7.37. The van der Waals surface area contributed by atoms with Crippen molar-refractivity contribution in [3.8, 4) is 0 Å². The number of fused-ring (bicyclic) bond motifs is 8. The number of carboxylic acid groups (broad SMARTS) is 2. The van der Waals surface area contributed by atoms with Crippen molar-refractivity contribution in [3.63, 3.8) is 0 Å². The summed E-state index contributed by atoms with van der Waals surface area (Å²) in [6.07, 6.45) is 3.23. The lowest BCUT2D eigenvalue weighted by Crippen LogP contribution is -2.46. The Morgan fingerprint density at radius 1 is 0.689 bits per heavy atom. The second kappa shape index (κ2) is 14.5. The van der Waals surface area contributed by atoms with Gasteiger partial charge in [0.05, 0.1) is 12.2 Å². The molecule has 5 rings (SSSR count). The number of carbonyl (C=O) groups is 2. The van der Waals surface area contributed by atoms with Crippen LogP contribution in [0.2, 0.25) is 0 Å². The molecule has 0 amide bonds. The fourth-order valence-electron chi connectivity index (χ4n) is 9.50. The SMILES string of the molecule is CC1=C(CCC(=O)O)C2CC3NC(CC4NC(CC5NC(CC1N2)C(C)=C5C(C)O)C(C)=C4C(C)O)C(C)C3CCC(=O)O.Cl. The van der Waals surface area contributed by atoms with E-state index in [9.17, 15) is 30.0 Å². The molecule has 0 saturated carbocycles. The maximum atomic E-state index is 11.7. The average Bonchev–Trinajstić information content (AvgIpc) is 3.59. The molecule has 12 unspecified atom stereocenters. The van der Waals surface area contributed by atoms with Crippen molar-refractivity contribution in [1.82, 2.24) is 21.3 Å². The van der Waals surface area contributed by atoms with Crippen molar-refractivity contribution in [1.29, 1.82) is 0 Å². The molecule has 10 nitrogen and oxygen atoms in total. The van der Waals surface area contributed by atoms with Crippen LogP contribution in [0.4, 0.5) is 0 Å². The van der Waals surface area contributed by atoms with E-state index >= 15 is 0 Å². The third-order valence-corrected chi connectivity index (χ3v) is 11.7. The van der Waals surface area contributed by atoms with Crippen molar-refractivity contribution < 1.29 is 30.0 Å². The first-order valence-electron chi connectivity index (χ1n) is 16.7. The maximum Gasteiger partial charge on any atom is 0.303 e. The van der Waals surface area contributed by atoms with Crippen molar-refractivity contribution in [2.75, 3.05) is 0 Å². The Kier molecular flexibility index (Phi) is 11.7. The molecule has 0 spiro atoms.